The molecule has 1 aromatic rings. The van der Waals surface area contributed by atoms with Gasteiger partial charge in [0.05, 0.1) is 12.2 Å². The van der Waals surface area contributed by atoms with E-state index in [1.807, 2.05) is 31.2 Å². The number of nitrogens with one attached hydrogen (secondary N) is 1. The smallest absolute Gasteiger partial charge is 0.336 e. The summed E-state index contributed by atoms with van der Waals surface area (Å²) in [5.74, 6) is -0.606. The number of benzene rings is 1. The molecule has 0 aromatic heterocycles. The molecule has 3 rings (SSSR count). The van der Waals surface area contributed by atoms with Gasteiger partial charge in [-0.15, -0.1) is 0 Å². The van der Waals surface area contributed by atoms with E-state index < -0.39 is 0 Å². The summed E-state index contributed by atoms with van der Waals surface area (Å²) in [5.41, 5.74) is 3.84. The number of hydrogen-bond acceptors (Lipinski definition) is 4. The first kappa shape index (κ1) is 21.8. The van der Waals surface area contributed by atoms with E-state index in [0.717, 1.165) is 52.7 Å². The highest BCUT2D eigenvalue weighted by molar-refractivity contribution is 9.10. The van der Waals surface area contributed by atoms with Crippen LogP contribution in [0.25, 0.3) is 0 Å². The Kier molecular flexibility index (Phi) is 6.67. The highest BCUT2D eigenvalue weighted by atomic mass is 79.9. The molecule has 0 fully saturated rings. The second-order valence-corrected chi connectivity index (χ2v) is 9.74. The lowest BCUT2D eigenvalue weighted by molar-refractivity contribution is -0.139. The van der Waals surface area contributed by atoms with Gasteiger partial charge in [-0.25, -0.2) is 4.79 Å². The molecule has 0 radical (unpaired) electrons. The zero-order valence-corrected chi connectivity index (χ0v) is 19.3. The van der Waals surface area contributed by atoms with E-state index in [0.29, 0.717) is 18.6 Å². The number of carbonyl (C=O) groups is 2. The molecule has 1 aliphatic carbocycles. The topological polar surface area (TPSA) is 55.4 Å². The quantitative estimate of drug-likeness (QED) is 0.432. The molecule has 1 aromatic carbocycles. The fraction of sp³-hybridized carbons (Fsp3) is 0.500. The third kappa shape index (κ3) is 4.82. The van der Waals surface area contributed by atoms with Crippen LogP contribution in [0.5, 0.6) is 0 Å². The molecule has 156 valence electrons. The minimum Gasteiger partial charge on any atom is -0.462 e. The van der Waals surface area contributed by atoms with Gasteiger partial charge in [-0.1, -0.05) is 61.7 Å². The third-order valence-corrected chi connectivity index (χ3v) is 6.17. The molecule has 0 saturated carbocycles. The Labute approximate surface area is 181 Å². The largest absolute Gasteiger partial charge is 0.462 e. The van der Waals surface area contributed by atoms with E-state index in [-0.39, 0.29) is 23.1 Å². The van der Waals surface area contributed by atoms with Crippen LogP contribution in [0.2, 0.25) is 0 Å². The van der Waals surface area contributed by atoms with Gasteiger partial charge in [0.25, 0.3) is 0 Å². The summed E-state index contributed by atoms with van der Waals surface area (Å²) in [6, 6.07) is 7.87. The van der Waals surface area contributed by atoms with Crippen LogP contribution in [0.4, 0.5) is 0 Å². The molecule has 1 aliphatic heterocycles. The number of rotatable bonds is 6. The van der Waals surface area contributed by atoms with Crippen molar-refractivity contribution in [3.8, 4) is 0 Å². The van der Waals surface area contributed by atoms with Crippen molar-refractivity contribution in [3.05, 3.63) is 56.8 Å². The second kappa shape index (κ2) is 8.86. The van der Waals surface area contributed by atoms with Gasteiger partial charge in [0, 0.05) is 33.8 Å². The number of allylic oxidation sites excluding steroid dienone is 3. The van der Waals surface area contributed by atoms with Gasteiger partial charge in [0.2, 0.25) is 0 Å². The maximum absolute atomic E-state index is 13.2. The monoisotopic (exact) mass is 459 g/mol. The van der Waals surface area contributed by atoms with E-state index in [4.69, 9.17) is 4.74 Å². The van der Waals surface area contributed by atoms with Crippen molar-refractivity contribution >= 4 is 27.7 Å². The molecule has 1 N–H and O–H groups in total. The summed E-state index contributed by atoms with van der Waals surface area (Å²) >= 11 is 3.48. The van der Waals surface area contributed by atoms with Crippen molar-refractivity contribution in [2.45, 2.75) is 65.7 Å². The van der Waals surface area contributed by atoms with Crippen LogP contribution in [-0.2, 0) is 14.3 Å². The van der Waals surface area contributed by atoms with Gasteiger partial charge in [-0.3, -0.25) is 4.79 Å². The van der Waals surface area contributed by atoms with Crippen molar-refractivity contribution in [2.75, 3.05) is 6.61 Å². The minimum atomic E-state index is -0.387. The molecular formula is C24H30BrNO3. The number of Topliss-reactive ketones (excluding diaryl/α,β-unsaturated/α-hetero) is 1. The second-order valence-electron chi connectivity index (χ2n) is 8.82. The summed E-state index contributed by atoms with van der Waals surface area (Å²) < 4.78 is 6.57. The Morgan fingerprint density at radius 2 is 1.90 bits per heavy atom. The molecule has 0 bridgehead atoms. The minimum absolute atomic E-state index is 0.0916. The molecule has 0 spiro atoms. The maximum atomic E-state index is 13.2. The first-order chi connectivity index (χ1) is 13.7. The standard InChI is InChI=1S/C24H30BrNO3/c1-5-6-7-12-29-23(28)20-15(2)26-18-13-24(3,4)14-19(27)22(18)21(20)16-8-10-17(25)11-9-16/h8-11,21,26H,5-7,12-14H2,1-4H3/t21-/m0/s1. The predicted molar refractivity (Wildman–Crippen MR) is 118 cm³/mol. The number of halogens is 1. The summed E-state index contributed by atoms with van der Waals surface area (Å²) in [4.78, 5) is 26.3. The van der Waals surface area contributed by atoms with Crippen molar-refractivity contribution in [2.24, 2.45) is 5.41 Å². The number of ketones is 1. The average Bonchev–Trinajstić information content (AvgIpc) is 2.63. The number of carbonyl (C=O) groups excluding carboxylic acids is 2. The van der Waals surface area contributed by atoms with E-state index in [1.165, 1.54) is 0 Å². The van der Waals surface area contributed by atoms with Crippen LogP contribution in [0.3, 0.4) is 0 Å². The van der Waals surface area contributed by atoms with Gasteiger partial charge in [0.15, 0.2) is 5.78 Å². The van der Waals surface area contributed by atoms with Crippen molar-refractivity contribution in [1.29, 1.82) is 0 Å². The van der Waals surface area contributed by atoms with E-state index in [2.05, 4.69) is 42.0 Å². The number of ether oxygens (including phenoxy) is 1. The first-order valence-corrected chi connectivity index (χ1v) is 11.2. The third-order valence-electron chi connectivity index (χ3n) is 5.64. The van der Waals surface area contributed by atoms with Crippen LogP contribution < -0.4 is 5.32 Å². The van der Waals surface area contributed by atoms with Crippen LogP contribution in [0.1, 0.15) is 71.3 Å². The average molecular weight is 460 g/mol. The Balaban J connectivity index is 2.01. The molecular weight excluding hydrogens is 430 g/mol. The Hall–Kier alpha value is -1.88. The summed E-state index contributed by atoms with van der Waals surface area (Å²) in [6.45, 7) is 8.66. The normalized spacial score (nSPS) is 21.0. The molecule has 2 aliphatic rings. The number of unbranched alkanes of at least 4 members (excludes halogenated alkanes) is 2. The lowest BCUT2D eigenvalue weighted by Crippen LogP contribution is -2.38. The summed E-state index contributed by atoms with van der Waals surface area (Å²) in [5, 5.41) is 3.38. The fourth-order valence-electron chi connectivity index (χ4n) is 4.29. The van der Waals surface area contributed by atoms with E-state index >= 15 is 0 Å². The molecule has 29 heavy (non-hydrogen) atoms. The molecule has 0 saturated heterocycles. The lowest BCUT2D eigenvalue weighted by atomic mass is 9.68. The van der Waals surface area contributed by atoms with Gasteiger partial charge < -0.3 is 10.1 Å². The molecule has 5 heteroatoms. The van der Waals surface area contributed by atoms with Gasteiger partial charge in [-0.2, -0.15) is 0 Å². The number of esters is 1. The Morgan fingerprint density at radius 1 is 1.21 bits per heavy atom. The van der Waals surface area contributed by atoms with Crippen LogP contribution in [0.15, 0.2) is 51.3 Å². The van der Waals surface area contributed by atoms with Gasteiger partial charge in [-0.05, 0) is 42.9 Å². The zero-order chi connectivity index (χ0) is 21.2. The number of dihydropyridines is 1. The van der Waals surface area contributed by atoms with Crippen LogP contribution in [-0.4, -0.2) is 18.4 Å². The maximum Gasteiger partial charge on any atom is 0.336 e. The predicted octanol–water partition coefficient (Wildman–Crippen LogP) is 5.79. The summed E-state index contributed by atoms with van der Waals surface area (Å²) in [7, 11) is 0. The van der Waals surface area contributed by atoms with Crippen molar-refractivity contribution in [3.63, 3.8) is 0 Å². The summed E-state index contributed by atoms with van der Waals surface area (Å²) in [6.07, 6.45) is 4.23. The van der Waals surface area contributed by atoms with Gasteiger partial charge in [0.1, 0.15) is 0 Å². The van der Waals surface area contributed by atoms with Crippen molar-refractivity contribution in [1.82, 2.24) is 5.32 Å². The zero-order valence-electron chi connectivity index (χ0n) is 17.7. The van der Waals surface area contributed by atoms with Gasteiger partial charge >= 0.3 is 5.97 Å². The van der Waals surface area contributed by atoms with Crippen LogP contribution in [0, 0.1) is 5.41 Å². The molecule has 0 amide bonds. The first-order valence-electron chi connectivity index (χ1n) is 10.4. The Morgan fingerprint density at radius 3 is 2.55 bits per heavy atom. The lowest BCUT2D eigenvalue weighted by Gasteiger charge is -2.39. The molecule has 4 nitrogen and oxygen atoms in total. The van der Waals surface area contributed by atoms with Crippen LogP contribution >= 0.6 is 15.9 Å². The molecule has 0 unspecified atom stereocenters. The molecule has 1 heterocycles. The number of hydrogen-bond donors (Lipinski definition) is 1. The highest BCUT2D eigenvalue weighted by Gasteiger charge is 2.43. The highest BCUT2D eigenvalue weighted by Crippen LogP contribution is 2.46. The SMILES string of the molecule is CCCCCOC(=O)C1=C(C)NC2=C(C(=O)CC(C)(C)C2)[C@H]1c1ccc(Br)cc1. The van der Waals surface area contributed by atoms with Crippen molar-refractivity contribution < 1.29 is 14.3 Å². The van der Waals surface area contributed by atoms with E-state index in [9.17, 15) is 9.59 Å². The fourth-order valence-corrected chi connectivity index (χ4v) is 4.55. The molecule has 1 atom stereocenters. The Bertz CT molecular complexity index is 865. The van der Waals surface area contributed by atoms with E-state index in [1.54, 1.807) is 0 Å².